The zero-order valence-corrected chi connectivity index (χ0v) is 8.44. The van der Waals surface area contributed by atoms with Gasteiger partial charge in [0.15, 0.2) is 0 Å². The summed E-state index contributed by atoms with van der Waals surface area (Å²) in [5.41, 5.74) is -1.17. The lowest BCUT2D eigenvalue weighted by Crippen LogP contribution is -2.11. The van der Waals surface area contributed by atoms with Gasteiger partial charge < -0.3 is 0 Å². The molecule has 0 radical (unpaired) electrons. The molecule has 0 saturated carbocycles. The third-order valence-electron chi connectivity index (χ3n) is 2.08. The highest BCUT2D eigenvalue weighted by Crippen LogP contribution is 2.30. The summed E-state index contributed by atoms with van der Waals surface area (Å²) in [6.07, 6.45) is 0. The Hall–Kier alpha value is -0.990. The third-order valence-corrected chi connectivity index (χ3v) is 2.08. The molecule has 1 rings (SSSR count). The molecule has 78 valence electrons. The monoisotopic (exact) mass is 202 g/mol. The molecule has 0 saturated heterocycles. The fourth-order valence-electron chi connectivity index (χ4n) is 1.16. The van der Waals surface area contributed by atoms with Crippen molar-refractivity contribution in [1.82, 2.24) is 0 Å². The van der Waals surface area contributed by atoms with E-state index in [0.717, 1.165) is 6.92 Å². The first-order valence-corrected chi connectivity index (χ1v) is 4.39. The van der Waals surface area contributed by atoms with E-state index in [0.29, 0.717) is 5.56 Å². The van der Waals surface area contributed by atoms with E-state index in [1.807, 2.05) is 0 Å². The van der Waals surface area contributed by atoms with Crippen molar-refractivity contribution in [2.24, 2.45) is 0 Å². The predicted molar refractivity (Wildman–Crippen MR) is 50.1 cm³/mol. The van der Waals surface area contributed by atoms with Gasteiger partial charge in [0.1, 0.15) is 5.67 Å². The lowest BCUT2D eigenvalue weighted by Gasteiger charge is -2.16. The lowest BCUT2D eigenvalue weighted by molar-refractivity contribution is 0.0174. The summed E-state index contributed by atoms with van der Waals surface area (Å²) in [7, 11) is 0. The van der Waals surface area contributed by atoms with Gasteiger partial charge in [0.25, 0.3) is 5.92 Å². The molecule has 0 fully saturated rings. The molecule has 0 amide bonds. The Balaban J connectivity index is 3.02. The summed E-state index contributed by atoms with van der Waals surface area (Å²) in [4.78, 5) is 0. The second-order valence-corrected chi connectivity index (χ2v) is 3.94. The van der Waals surface area contributed by atoms with Crippen LogP contribution in [0, 0.1) is 0 Å². The van der Waals surface area contributed by atoms with Crippen molar-refractivity contribution in [1.29, 1.82) is 0 Å². The molecule has 0 nitrogen and oxygen atoms in total. The fourth-order valence-corrected chi connectivity index (χ4v) is 1.16. The van der Waals surface area contributed by atoms with E-state index < -0.39 is 11.6 Å². The minimum Gasteiger partial charge on any atom is -0.239 e. The third kappa shape index (κ3) is 2.50. The minimum atomic E-state index is -2.86. The average Bonchev–Trinajstić information content (AvgIpc) is 2.01. The van der Waals surface area contributed by atoms with Crippen molar-refractivity contribution in [3.63, 3.8) is 0 Å². The van der Waals surface area contributed by atoms with Gasteiger partial charge in [-0.25, -0.2) is 13.2 Å². The van der Waals surface area contributed by atoms with Crippen LogP contribution in [0.1, 0.15) is 31.9 Å². The molecule has 0 aliphatic heterocycles. The Morgan fingerprint density at radius 1 is 0.786 bits per heavy atom. The zero-order chi connectivity index (χ0) is 11.0. The lowest BCUT2D eigenvalue weighted by atomic mass is 9.98. The quantitative estimate of drug-likeness (QED) is 0.679. The molecular weight excluding hydrogens is 189 g/mol. The Morgan fingerprint density at radius 3 is 1.43 bits per heavy atom. The van der Waals surface area contributed by atoms with Crippen molar-refractivity contribution < 1.29 is 13.2 Å². The molecule has 3 heteroatoms. The Kier molecular flexibility index (Phi) is 2.61. The van der Waals surface area contributed by atoms with Crippen LogP contribution in [0.4, 0.5) is 13.2 Å². The smallest absolute Gasteiger partial charge is 0.239 e. The van der Waals surface area contributed by atoms with Gasteiger partial charge in [-0.3, -0.25) is 0 Å². The molecule has 0 aliphatic rings. The molecule has 0 heterocycles. The van der Waals surface area contributed by atoms with Crippen LogP contribution in [-0.4, -0.2) is 0 Å². The second-order valence-electron chi connectivity index (χ2n) is 3.94. The summed E-state index contributed by atoms with van der Waals surface area (Å²) >= 11 is 0. The summed E-state index contributed by atoms with van der Waals surface area (Å²) < 4.78 is 38.9. The van der Waals surface area contributed by atoms with Gasteiger partial charge in [-0.2, -0.15) is 0 Å². The molecule has 0 aliphatic carbocycles. The zero-order valence-electron chi connectivity index (χ0n) is 8.44. The van der Waals surface area contributed by atoms with Crippen molar-refractivity contribution in [2.75, 3.05) is 0 Å². The molecule has 1 aromatic carbocycles. The summed E-state index contributed by atoms with van der Waals surface area (Å²) in [5.74, 6) is -2.86. The molecule has 0 bridgehead atoms. The predicted octanol–water partition coefficient (Wildman–Crippen LogP) is 4.00. The van der Waals surface area contributed by atoms with E-state index >= 15 is 0 Å². The molecule has 0 unspecified atom stereocenters. The van der Waals surface area contributed by atoms with Crippen molar-refractivity contribution >= 4 is 0 Å². The SMILES string of the molecule is CC(C)(F)c1ccc(C(C)(F)F)cc1. The molecule has 0 spiro atoms. The van der Waals surface area contributed by atoms with Crippen molar-refractivity contribution in [3.05, 3.63) is 35.4 Å². The Labute approximate surface area is 81.8 Å². The fraction of sp³-hybridized carbons (Fsp3) is 0.455. The van der Waals surface area contributed by atoms with Crippen molar-refractivity contribution in [3.8, 4) is 0 Å². The second kappa shape index (κ2) is 3.30. The topological polar surface area (TPSA) is 0 Å². The van der Waals surface area contributed by atoms with Crippen LogP contribution in [0.2, 0.25) is 0 Å². The number of benzene rings is 1. The van der Waals surface area contributed by atoms with Gasteiger partial charge in [-0.1, -0.05) is 24.3 Å². The van der Waals surface area contributed by atoms with Crippen LogP contribution >= 0.6 is 0 Å². The van der Waals surface area contributed by atoms with Gasteiger partial charge in [-0.15, -0.1) is 0 Å². The van der Waals surface area contributed by atoms with Crippen molar-refractivity contribution in [2.45, 2.75) is 32.4 Å². The molecule has 0 aromatic heterocycles. The highest BCUT2D eigenvalue weighted by Gasteiger charge is 2.25. The molecular formula is C11H13F3. The highest BCUT2D eigenvalue weighted by atomic mass is 19.3. The Morgan fingerprint density at radius 2 is 1.14 bits per heavy atom. The largest absolute Gasteiger partial charge is 0.270 e. The molecule has 14 heavy (non-hydrogen) atoms. The molecule has 0 N–H and O–H groups in total. The Bertz CT molecular complexity index is 268. The molecule has 1 aromatic rings. The van der Waals surface area contributed by atoms with Crippen LogP contribution < -0.4 is 0 Å². The van der Waals surface area contributed by atoms with Gasteiger partial charge >= 0.3 is 0 Å². The first-order valence-electron chi connectivity index (χ1n) is 4.39. The normalized spacial score (nSPS) is 13.0. The van der Waals surface area contributed by atoms with Crippen LogP contribution in [0.5, 0.6) is 0 Å². The first-order chi connectivity index (χ1) is 6.21. The summed E-state index contributed by atoms with van der Waals surface area (Å²) in [5, 5.41) is 0. The van der Waals surface area contributed by atoms with Gasteiger partial charge in [0, 0.05) is 12.5 Å². The molecule has 0 atom stereocenters. The highest BCUT2D eigenvalue weighted by molar-refractivity contribution is 5.28. The maximum Gasteiger partial charge on any atom is 0.270 e. The van der Waals surface area contributed by atoms with E-state index in [1.165, 1.54) is 38.1 Å². The van der Waals surface area contributed by atoms with Gasteiger partial charge in [0.2, 0.25) is 0 Å². The number of rotatable bonds is 2. The first kappa shape index (κ1) is 11.1. The van der Waals surface area contributed by atoms with Crippen LogP contribution in [0.15, 0.2) is 24.3 Å². The van der Waals surface area contributed by atoms with E-state index in [4.69, 9.17) is 0 Å². The van der Waals surface area contributed by atoms with Crippen LogP contribution in [0.25, 0.3) is 0 Å². The maximum atomic E-state index is 13.4. The number of halogens is 3. The van der Waals surface area contributed by atoms with Crippen LogP contribution in [-0.2, 0) is 11.6 Å². The van der Waals surface area contributed by atoms with E-state index in [1.54, 1.807) is 0 Å². The summed E-state index contributed by atoms with van der Waals surface area (Å²) in [6.45, 7) is 3.61. The van der Waals surface area contributed by atoms with E-state index in [9.17, 15) is 13.2 Å². The van der Waals surface area contributed by atoms with Gasteiger partial charge in [0.05, 0.1) is 0 Å². The van der Waals surface area contributed by atoms with Gasteiger partial charge in [-0.05, 0) is 19.4 Å². The average molecular weight is 202 g/mol. The number of alkyl halides is 3. The standard InChI is InChI=1S/C11H13F3/c1-10(2,12)8-4-6-9(7-5-8)11(3,13)14/h4-7H,1-3H3. The maximum absolute atomic E-state index is 13.4. The number of hydrogen-bond donors (Lipinski definition) is 0. The van der Waals surface area contributed by atoms with Crippen LogP contribution in [0.3, 0.4) is 0 Å². The number of hydrogen-bond acceptors (Lipinski definition) is 0. The summed E-state index contributed by atoms with van der Waals surface area (Å²) in [6, 6.07) is 5.31. The minimum absolute atomic E-state index is 0.0921. The van der Waals surface area contributed by atoms with E-state index in [2.05, 4.69) is 0 Å². The van der Waals surface area contributed by atoms with E-state index in [-0.39, 0.29) is 5.56 Å².